The van der Waals surface area contributed by atoms with Crippen LogP contribution in [0.2, 0.25) is 0 Å². The van der Waals surface area contributed by atoms with Gasteiger partial charge in [0.25, 0.3) is 5.91 Å². The highest BCUT2D eigenvalue weighted by Gasteiger charge is 2.31. The van der Waals surface area contributed by atoms with E-state index in [-0.39, 0.29) is 11.9 Å². The number of benzene rings is 1. The maximum absolute atomic E-state index is 12.3. The Morgan fingerprint density at radius 1 is 1.19 bits per heavy atom. The quantitative estimate of drug-likeness (QED) is 0.811. The van der Waals surface area contributed by atoms with Crippen LogP contribution in [0.15, 0.2) is 30.5 Å². The van der Waals surface area contributed by atoms with Crippen molar-refractivity contribution in [2.45, 2.75) is 31.7 Å². The van der Waals surface area contributed by atoms with Crippen molar-refractivity contribution >= 4 is 22.8 Å². The van der Waals surface area contributed by atoms with E-state index in [0.29, 0.717) is 12.0 Å². The molecule has 110 valence electrons. The summed E-state index contributed by atoms with van der Waals surface area (Å²) >= 11 is 0. The van der Waals surface area contributed by atoms with E-state index < -0.39 is 11.9 Å². The van der Waals surface area contributed by atoms with Gasteiger partial charge in [0.1, 0.15) is 0 Å². The van der Waals surface area contributed by atoms with Crippen molar-refractivity contribution in [2.75, 3.05) is 0 Å². The molecular formula is C16H18N2O3. The Morgan fingerprint density at radius 3 is 2.81 bits per heavy atom. The Hall–Kier alpha value is -2.30. The van der Waals surface area contributed by atoms with Gasteiger partial charge >= 0.3 is 5.97 Å². The highest BCUT2D eigenvalue weighted by Crippen LogP contribution is 2.25. The van der Waals surface area contributed by atoms with Gasteiger partial charge in [0.2, 0.25) is 0 Å². The first-order chi connectivity index (χ1) is 10.1. The molecule has 5 heteroatoms. The molecule has 2 unspecified atom stereocenters. The van der Waals surface area contributed by atoms with Gasteiger partial charge in [0.15, 0.2) is 0 Å². The van der Waals surface area contributed by atoms with Crippen LogP contribution < -0.4 is 5.32 Å². The molecule has 0 spiro atoms. The number of aliphatic carboxylic acids is 1. The molecule has 0 radical (unpaired) electrons. The number of aromatic amines is 1. The van der Waals surface area contributed by atoms with E-state index in [9.17, 15) is 14.7 Å². The minimum Gasteiger partial charge on any atom is -0.481 e. The number of amides is 1. The number of nitrogens with one attached hydrogen (secondary N) is 2. The van der Waals surface area contributed by atoms with Crippen molar-refractivity contribution in [3.05, 3.63) is 36.0 Å². The van der Waals surface area contributed by atoms with Crippen LogP contribution in [-0.4, -0.2) is 28.0 Å². The number of hydrogen-bond donors (Lipinski definition) is 3. The zero-order chi connectivity index (χ0) is 14.8. The Morgan fingerprint density at radius 2 is 2.00 bits per heavy atom. The van der Waals surface area contributed by atoms with Gasteiger partial charge in [-0.2, -0.15) is 0 Å². The van der Waals surface area contributed by atoms with Gasteiger partial charge in [-0.15, -0.1) is 0 Å². The van der Waals surface area contributed by atoms with Crippen LogP contribution in [0.1, 0.15) is 36.0 Å². The lowest BCUT2D eigenvalue weighted by Gasteiger charge is -2.29. The molecule has 1 saturated carbocycles. The van der Waals surface area contributed by atoms with E-state index in [2.05, 4.69) is 10.3 Å². The third-order valence-corrected chi connectivity index (χ3v) is 4.22. The smallest absolute Gasteiger partial charge is 0.308 e. The molecule has 1 fully saturated rings. The number of fused-ring (bicyclic) bond motifs is 1. The van der Waals surface area contributed by atoms with E-state index in [1.165, 1.54) is 0 Å². The van der Waals surface area contributed by atoms with Gasteiger partial charge in [-0.1, -0.05) is 18.9 Å². The Balaban J connectivity index is 1.76. The lowest BCUT2D eigenvalue weighted by molar-refractivity contribution is -0.143. The number of carboxylic acid groups (broad SMARTS) is 1. The van der Waals surface area contributed by atoms with Crippen LogP contribution in [0.3, 0.4) is 0 Å². The van der Waals surface area contributed by atoms with E-state index in [1.54, 1.807) is 12.1 Å². The molecule has 2 aromatic rings. The zero-order valence-corrected chi connectivity index (χ0v) is 11.6. The number of aromatic nitrogens is 1. The highest BCUT2D eigenvalue weighted by molar-refractivity contribution is 5.98. The minimum atomic E-state index is -0.820. The number of carbonyl (C=O) groups is 2. The second kappa shape index (κ2) is 5.60. The lowest BCUT2D eigenvalue weighted by atomic mass is 9.84. The van der Waals surface area contributed by atoms with Crippen LogP contribution >= 0.6 is 0 Å². The van der Waals surface area contributed by atoms with E-state index in [1.807, 2.05) is 18.3 Å². The van der Waals surface area contributed by atoms with Gasteiger partial charge in [-0.3, -0.25) is 9.59 Å². The summed E-state index contributed by atoms with van der Waals surface area (Å²) < 4.78 is 0. The van der Waals surface area contributed by atoms with Gasteiger partial charge in [-0.25, -0.2) is 0 Å². The standard InChI is InChI=1S/C16H18N2O3/c19-15(11-6-5-10-7-8-17-14(10)9-11)18-13-4-2-1-3-12(13)16(20)21/h5-9,12-13,17H,1-4H2,(H,18,19)(H,20,21). The molecule has 3 N–H and O–H groups in total. The van der Waals surface area contributed by atoms with Gasteiger partial charge < -0.3 is 15.4 Å². The Kier molecular flexibility index (Phi) is 3.64. The fraction of sp³-hybridized carbons (Fsp3) is 0.375. The summed E-state index contributed by atoms with van der Waals surface area (Å²) in [5.41, 5.74) is 1.46. The molecule has 2 atom stereocenters. The summed E-state index contributed by atoms with van der Waals surface area (Å²) in [4.78, 5) is 26.7. The average molecular weight is 286 g/mol. The molecule has 1 aliphatic rings. The molecule has 1 amide bonds. The maximum atomic E-state index is 12.3. The average Bonchev–Trinajstić information content (AvgIpc) is 2.94. The molecule has 5 nitrogen and oxygen atoms in total. The summed E-state index contributed by atoms with van der Waals surface area (Å²) in [5.74, 6) is -1.50. The normalized spacial score (nSPS) is 22.1. The van der Waals surface area contributed by atoms with Crippen LogP contribution in [0.25, 0.3) is 10.9 Å². The monoisotopic (exact) mass is 286 g/mol. The second-order valence-electron chi connectivity index (χ2n) is 5.59. The first kappa shape index (κ1) is 13.7. The van der Waals surface area contributed by atoms with Crippen LogP contribution in [0.5, 0.6) is 0 Å². The fourth-order valence-corrected chi connectivity index (χ4v) is 3.04. The number of rotatable bonds is 3. The van der Waals surface area contributed by atoms with Crippen molar-refractivity contribution < 1.29 is 14.7 Å². The van der Waals surface area contributed by atoms with Crippen LogP contribution in [0, 0.1) is 5.92 Å². The molecule has 3 rings (SSSR count). The Labute approximate surface area is 122 Å². The molecule has 0 saturated heterocycles. The molecule has 0 bridgehead atoms. The molecular weight excluding hydrogens is 268 g/mol. The van der Waals surface area contributed by atoms with Crippen molar-refractivity contribution in [3.63, 3.8) is 0 Å². The summed E-state index contributed by atoms with van der Waals surface area (Å²) in [6.07, 6.45) is 5.07. The first-order valence-corrected chi connectivity index (χ1v) is 7.26. The lowest BCUT2D eigenvalue weighted by Crippen LogP contribution is -2.45. The van der Waals surface area contributed by atoms with E-state index in [0.717, 1.165) is 30.2 Å². The third kappa shape index (κ3) is 2.77. The van der Waals surface area contributed by atoms with Gasteiger partial charge in [0, 0.05) is 23.3 Å². The SMILES string of the molecule is O=C(NC1CCCCC1C(=O)O)c1ccc2cc[nH]c2c1. The highest BCUT2D eigenvalue weighted by atomic mass is 16.4. The number of hydrogen-bond acceptors (Lipinski definition) is 2. The topological polar surface area (TPSA) is 82.2 Å². The van der Waals surface area contributed by atoms with Gasteiger partial charge in [-0.05, 0) is 36.4 Å². The summed E-state index contributed by atoms with van der Waals surface area (Å²) in [6, 6.07) is 7.12. The predicted octanol–water partition coefficient (Wildman–Crippen LogP) is 2.54. The third-order valence-electron chi connectivity index (χ3n) is 4.22. The zero-order valence-electron chi connectivity index (χ0n) is 11.6. The van der Waals surface area contributed by atoms with Crippen molar-refractivity contribution in [1.82, 2.24) is 10.3 Å². The number of carbonyl (C=O) groups excluding carboxylic acids is 1. The van der Waals surface area contributed by atoms with E-state index in [4.69, 9.17) is 0 Å². The molecule has 1 aliphatic carbocycles. The molecule has 1 heterocycles. The fourth-order valence-electron chi connectivity index (χ4n) is 3.04. The van der Waals surface area contributed by atoms with Gasteiger partial charge in [0.05, 0.1) is 5.92 Å². The van der Waals surface area contributed by atoms with Crippen molar-refractivity contribution in [2.24, 2.45) is 5.92 Å². The maximum Gasteiger partial charge on any atom is 0.308 e. The van der Waals surface area contributed by atoms with Crippen molar-refractivity contribution in [3.8, 4) is 0 Å². The number of carboxylic acids is 1. The summed E-state index contributed by atoms with van der Waals surface area (Å²) in [6.45, 7) is 0. The first-order valence-electron chi connectivity index (χ1n) is 7.26. The van der Waals surface area contributed by atoms with Crippen LogP contribution in [0.4, 0.5) is 0 Å². The van der Waals surface area contributed by atoms with Crippen LogP contribution in [-0.2, 0) is 4.79 Å². The molecule has 1 aromatic carbocycles. The molecule has 1 aromatic heterocycles. The Bertz CT molecular complexity index is 677. The number of H-pyrrole nitrogens is 1. The van der Waals surface area contributed by atoms with E-state index >= 15 is 0 Å². The summed E-state index contributed by atoms with van der Waals surface area (Å²) in [5, 5.41) is 13.2. The molecule has 21 heavy (non-hydrogen) atoms. The van der Waals surface area contributed by atoms with Crippen molar-refractivity contribution in [1.29, 1.82) is 0 Å². The molecule has 0 aliphatic heterocycles. The summed E-state index contributed by atoms with van der Waals surface area (Å²) in [7, 11) is 0. The second-order valence-corrected chi connectivity index (χ2v) is 5.59. The predicted molar refractivity (Wildman–Crippen MR) is 79.1 cm³/mol. The largest absolute Gasteiger partial charge is 0.481 e. The minimum absolute atomic E-state index is 0.204.